The minimum Gasteiger partial charge on any atom is -0.379 e. The topological polar surface area (TPSA) is 35.8 Å². The van der Waals surface area contributed by atoms with Gasteiger partial charge in [0.25, 0.3) is 0 Å². The summed E-state index contributed by atoms with van der Waals surface area (Å²) in [7, 11) is 1.71. The molecule has 0 amide bonds. The maximum absolute atomic E-state index is 13.4. The summed E-state index contributed by atoms with van der Waals surface area (Å²) in [4.78, 5) is 0. The standard InChI is InChI=1S/C21H19FN2/c1-4-20(21(14-23)24-3)18-7-5-6-16(12-18)8-9-17-10-15(2)11-19(22)13-17/h4-13,24H,1H2,2-3H3/b9-8+,21-20+. The molecule has 0 saturated carbocycles. The van der Waals surface area contributed by atoms with Crippen LogP contribution in [0.25, 0.3) is 17.7 Å². The van der Waals surface area contributed by atoms with E-state index >= 15 is 0 Å². The zero-order valence-electron chi connectivity index (χ0n) is 13.8. The van der Waals surface area contributed by atoms with Crippen LogP contribution in [0.2, 0.25) is 0 Å². The highest BCUT2D eigenvalue weighted by atomic mass is 19.1. The molecule has 2 nitrogen and oxygen atoms in total. The van der Waals surface area contributed by atoms with Crippen LogP contribution in [0.1, 0.15) is 22.3 Å². The Bertz CT molecular complexity index is 834. The highest BCUT2D eigenvalue weighted by molar-refractivity contribution is 5.80. The van der Waals surface area contributed by atoms with Crippen molar-refractivity contribution in [2.24, 2.45) is 0 Å². The van der Waals surface area contributed by atoms with Crippen LogP contribution in [-0.2, 0) is 0 Å². The number of nitrogens with one attached hydrogen (secondary N) is 1. The molecule has 0 aliphatic carbocycles. The van der Waals surface area contributed by atoms with Crippen molar-refractivity contribution in [1.82, 2.24) is 5.32 Å². The number of benzene rings is 2. The molecule has 0 aromatic heterocycles. The molecule has 0 unspecified atom stereocenters. The monoisotopic (exact) mass is 318 g/mol. The molecule has 0 aliphatic rings. The minimum absolute atomic E-state index is 0.243. The Balaban J connectivity index is 2.37. The van der Waals surface area contributed by atoms with Gasteiger partial charge in [0.1, 0.15) is 17.6 Å². The second kappa shape index (κ2) is 7.94. The molecule has 0 atom stereocenters. The maximum Gasteiger partial charge on any atom is 0.124 e. The summed E-state index contributed by atoms with van der Waals surface area (Å²) < 4.78 is 13.4. The van der Waals surface area contributed by atoms with E-state index in [0.717, 1.165) is 27.8 Å². The van der Waals surface area contributed by atoms with Crippen LogP contribution in [-0.4, -0.2) is 7.05 Å². The zero-order chi connectivity index (χ0) is 17.5. The molecule has 0 saturated heterocycles. The van der Waals surface area contributed by atoms with Crippen molar-refractivity contribution < 1.29 is 4.39 Å². The third kappa shape index (κ3) is 4.21. The number of nitriles is 1. The lowest BCUT2D eigenvalue weighted by molar-refractivity contribution is 0.626. The predicted molar refractivity (Wildman–Crippen MR) is 98.3 cm³/mol. The van der Waals surface area contributed by atoms with Crippen molar-refractivity contribution in [2.45, 2.75) is 6.92 Å². The van der Waals surface area contributed by atoms with Crippen molar-refractivity contribution in [2.75, 3.05) is 7.05 Å². The largest absolute Gasteiger partial charge is 0.379 e. The molecule has 2 aromatic carbocycles. The van der Waals surface area contributed by atoms with Gasteiger partial charge in [0, 0.05) is 12.6 Å². The van der Waals surface area contributed by atoms with Crippen LogP contribution >= 0.6 is 0 Å². The highest BCUT2D eigenvalue weighted by Crippen LogP contribution is 2.21. The first-order chi connectivity index (χ1) is 11.6. The first-order valence-corrected chi connectivity index (χ1v) is 7.57. The van der Waals surface area contributed by atoms with Gasteiger partial charge < -0.3 is 5.32 Å². The first-order valence-electron chi connectivity index (χ1n) is 7.57. The quantitative estimate of drug-likeness (QED) is 0.481. The summed E-state index contributed by atoms with van der Waals surface area (Å²) in [6.45, 7) is 5.65. The van der Waals surface area contributed by atoms with Gasteiger partial charge in [0.05, 0.1) is 0 Å². The molecule has 0 spiro atoms. The summed E-state index contributed by atoms with van der Waals surface area (Å²) in [5, 5.41) is 12.1. The van der Waals surface area contributed by atoms with Crippen LogP contribution in [0.4, 0.5) is 4.39 Å². The fraction of sp³-hybridized carbons (Fsp3) is 0.0952. The summed E-state index contributed by atoms with van der Waals surface area (Å²) >= 11 is 0. The number of aryl methyl sites for hydroxylation is 1. The molecule has 3 heteroatoms. The van der Waals surface area contributed by atoms with Gasteiger partial charge in [-0.3, -0.25) is 0 Å². The van der Waals surface area contributed by atoms with Gasteiger partial charge in [-0.2, -0.15) is 5.26 Å². The lowest BCUT2D eigenvalue weighted by Crippen LogP contribution is -2.06. The van der Waals surface area contributed by atoms with E-state index in [4.69, 9.17) is 0 Å². The molecular weight excluding hydrogens is 299 g/mol. The molecule has 0 bridgehead atoms. The predicted octanol–water partition coefficient (Wildman–Crippen LogP) is 4.94. The van der Waals surface area contributed by atoms with E-state index in [2.05, 4.69) is 18.0 Å². The van der Waals surface area contributed by atoms with Crippen LogP contribution in [0.15, 0.2) is 60.8 Å². The zero-order valence-corrected chi connectivity index (χ0v) is 13.8. The van der Waals surface area contributed by atoms with E-state index in [-0.39, 0.29) is 5.82 Å². The molecule has 2 rings (SSSR count). The second-order valence-corrected chi connectivity index (χ2v) is 5.38. The number of halogens is 1. The van der Waals surface area contributed by atoms with Gasteiger partial charge in [-0.25, -0.2) is 4.39 Å². The summed E-state index contributed by atoms with van der Waals surface area (Å²) in [5.74, 6) is -0.243. The number of rotatable bonds is 5. The smallest absolute Gasteiger partial charge is 0.124 e. The van der Waals surface area contributed by atoms with Crippen molar-refractivity contribution in [1.29, 1.82) is 5.26 Å². The lowest BCUT2D eigenvalue weighted by Gasteiger charge is -2.07. The van der Waals surface area contributed by atoms with Crippen LogP contribution in [0, 0.1) is 24.1 Å². The van der Waals surface area contributed by atoms with Gasteiger partial charge in [0.15, 0.2) is 0 Å². The van der Waals surface area contributed by atoms with Crippen LogP contribution in [0.5, 0.6) is 0 Å². The van der Waals surface area contributed by atoms with Crippen molar-refractivity contribution in [3.8, 4) is 6.07 Å². The average Bonchev–Trinajstić information content (AvgIpc) is 2.57. The highest BCUT2D eigenvalue weighted by Gasteiger charge is 2.05. The van der Waals surface area contributed by atoms with Crippen molar-refractivity contribution >= 4 is 17.7 Å². The fourth-order valence-corrected chi connectivity index (χ4v) is 2.48. The summed E-state index contributed by atoms with van der Waals surface area (Å²) in [6, 6.07) is 14.8. The number of allylic oxidation sites excluding steroid dienone is 3. The lowest BCUT2D eigenvalue weighted by atomic mass is 10.0. The summed E-state index contributed by atoms with van der Waals surface area (Å²) in [5.41, 5.74) is 4.76. The van der Waals surface area contributed by atoms with E-state index in [1.165, 1.54) is 12.1 Å². The Morgan fingerprint density at radius 2 is 1.92 bits per heavy atom. The number of hydrogen-bond acceptors (Lipinski definition) is 2. The molecule has 120 valence electrons. The van der Waals surface area contributed by atoms with E-state index in [9.17, 15) is 9.65 Å². The van der Waals surface area contributed by atoms with Gasteiger partial charge in [0.2, 0.25) is 0 Å². The van der Waals surface area contributed by atoms with E-state index in [1.807, 2.05) is 49.4 Å². The Morgan fingerprint density at radius 3 is 2.54 bits per heavy atom. The maximum atomic E-state index is 13.4. The third-order valence-corrected chi connectivity index (χ3v) is 3.57. The Morgan fingerprint density at radius 1 is 1.17 bits per heavy atom. The average molecular weight is 318 g/mol. The van der Waals surface area contributed by atoms with Crippen molar-refractivity contribution in [3.05, 3.63) is 88.9 Å². The van der Waals surface area contributed by atoms with E-state index in [1.54, 1.807) is 13.1 Å². The molecule has 0 fully saturated rings. The Hall–Kier alpha value is -3.12. The van der Waals surface area contributed by atoms with E-state index in [0.29, 0.717) is 5.70 Å². The first kappa shape index (κ1) is 17.2. The molecule has 24 heavy (non-hydrogen) atoms. The Kier molecular flexibility index (Phi) is 5.70. The molecule has 1 N–H and O–H groups in total. The second-order valence-electron chi connectivity index (χ2n) is 5.38. The fourth-order valence-electron chi connectivity index (χ4n) is 2.48. The van der Waals surface area contributed by atoms with Gasteiger partial charge in [-0.15, -0.1) is 0 Å². The normalized spacial score (nSPS) is 11.8. The third-order valence-electron chi connectivity index (χ3n) is 3.57. The van der Waals surface area contributed by atoms with Gasteiger partial charge >= 0.3 is 0 Å². The molecule has 0 heterocycles. The minimum atomic E-state index is -0.243. The van der Waals surface area contributed by atoms with E-state index < -0.39 is 0 Å². The van der Waals surface area contributed by atoms with Crippen LogP contribution in [0.3, 0.4) is 0 Å². The van der Waals surface area contributed by atoms with Crippen LogP contribution < -0.4 is 5.32 Å². The number of nitrogens with zero attached hydrogens (tertiary/aromatic N) is 1. The van der Waals surface area contributed by atoms with Gasteiger partial charge in [-0.1, -0.05) is 49.1 Å². The molecule has 0 radical (unpaired) electrons. The molecular formula is C21H19FN2. The summed E-state index contributed by atoms with van der Waals surface area (Å²) in [6.07, 6.45) is 5.45. The SMILES string of the molecule is C=C/C(=C(/C#N)NC)c1cccc(/C=C/c2cc(C)cc(F)c2)c1. The molecule has 2 aromatic rings. The molecule has 0 aliphatic heterocycles. The van der Waals surface area contributed by atoms with Gasteiger partial charge in [-0.05, 0) is 47.4 Å². The number of hydrogen-bond donors (Lipinski definition) is 1. The van der Waals surface area contributed by atoms with Crippen molar-refractivity contribution in [3.63, 3.8) is 0 Å². The Labute approximate surface area is 142 Å².